The minimum atomic E-state index is -0.634. The lowest BCUT2D eigenvalue weighted by molar-refractivity contribution is 0.0761. The number of nitrogens with zero attached hydrogens (tertiary/aromatic N) is 1. The fourth-order valence-electron chi connectivity index (χ4n) is 2.31. The van der Waals surface area contributed by atoms with E-state index in [0.717, 1.165) is 0 Å². The molecular formula is C14H13NO4. The van der Waals surface area contributed by atoms with E-state index in [1.807, 2.05) is 6.07 Å². The van der Waals surface area contributed by atoms with Gasteiger partial charge in [0.05, 0.1) is 6.10 Å². The van der Waals surface area contributed by atoms with E-state index in [4.69, 9.17) is 4.42 Å². The maximum absolute atomic E-state index is 12.2. The van der Waals surface area contributed by atoms with Crippen LogP contribution in [0, 0.1) is 0 Å². The Balaban J connectivity index is 2.02. The number of β-amino-alcohol motifs (C(OH)–C–C–N with tert-alkyl or cyclic N) is 1. The van der Waals surface area contributed by atoms with Crippen molar-refractivity contribution < 1.29 is 14.3 Å². The van der Waals surface area contributed by atoms with E-state index in [9.17, 15) is 14.7 Å². The van der Waals surface area contributed by atoms with Gasteiger partial charge in [-0.15, -0.1) is 0 Å². The van der Waals surface area contributed by atoms with Crippen LogP contribution in [-0.4, -0.2) is 35.1 Å². The Morgan fingerprint density at radius 2 is 2.16 bits per heavy atom. The zero-order valence-electron chi connectivity index (χ0n) is 10.2. The summed E-state index contributed by atoms with van der Waals surface area (Å²) in [6, 6.07) is 8.60. The molecule has 2 heterocycles. The van der Waals surface area contributed by atoms with Crippen LogP contribution >= 0.6 is 0 Å². The van der Waals surface area contributed by atoms with E-state index >= 15 is 0 Å². The van der Waals surface area contributed by atoms with E-state index in [1.165, 1.54) is 4.90 Å². The number of hydrogen-bond acceptors (Lipinski definition) is 4. The van der Waals surface area contributed by atoms with Crippen LogP contribution in [0.25, 0.3) is 11.0 Å². The van der Waals surface area contributed by atoms with Gasteiger partial charge in [-0.05, 0) is 18.6 Å². The quantitative estimate of drug-likeness (QED) is 0.776. The summed E-state index contributed by atoms with van der Waals surface area (Å²) in [6.45, 7) is 0.733. The van der Waals surface area contributed by atoms with Gasteiger partial charge in [0.2, 0.25) is 0 Å². The molecule has 1 aromatic carbocycles. The molecule has 0 spiro atoms. The monoisotopic (exact) mass is 259 g/mol. The largest absolute Gasteiger partial charge is 0.422 e. The number of hydrogen-bond donors (Lipinski definition) is 1. The van der Waals surface area contributed by atoms with Crippen LogP contribution in [-0.2, 0) is 0 Å². The summed E-state index contributed by atoms with van der Waals surface area (Å²) in [5.41, 5.74) is -0.150. The first kappa shape index (κ1) is 11.9. The molecule has 2 aromatic rings. The van der Waals surface area contributed by atoms with Gasteiger partial charge >= 0.3 is 5.63 Å². The molecule has 1 amide bonds. The molecular weight excluding hydrogens is 246 g/mol. The lowest BCUT2D eigenvalue weighted by atomic mass is 10.1. The summed E-state index contributed by atoms with van der Waals surface area (Å²) in [7, 11) is 0. The molecule has 1 N–H and O–H groups in total. The molecule has 1 aliphatic heterocycles. The number of aliphatic hydroxyl groups is 1. The predicted octanol–water partition coefficient (Wildman–Crippen LogP) is 1.000. The molecule has 19 heavy (non-hydrogen) atoms. The summed E-state index contributed by atoms with van der Waals surface area (Å²) < 4.78 is 5.13. The van der Waals surface area contributed by atoms with Crippen molar-refractivity contribution in [2.75, 3.05) is 13.1 Å². The molecule has 1 saturated heterocycles. The van der Waals surface area contributed by atoms with Crippen LogP contribution in [0.2, 0.25) is 0 Å². The normalized spacial score (nSPS) is 19.0. The van der Waals surface area contributed by atoms with Crippen molar-refractivity contribution in [1.82, 2.24) is 4.90 Å². The molecule has 3 rings (SSSR count). The standard InChI is InChI=1S/C14H13NO4/c16-10-5-6-15(8-10)13(17)11-7-9-3-1-2-4-12(9)19-14(11)18/h1-4,7,10,16H,5-6,8H2. The minimum absolute atomic E-state index is 0.0211. The average molecular weight is 259 g/mol. The van der Waals surface area contributed by atoms with Gasteiger partial charge in [-0.3, -0.25) is 4.79 Å². The number of carbonyl (C=O) groups excluding carboxylic acids is 1. The van der Waals surface area contributed by atoms with E-state index in [2.05, 4.69) is 0 Å². The first-order valence-corrected chi connectivity index (χ1v) is 6.15. The van der Waals surface area contributed by atoms with Gasteiger partial charge in [0, 0.05) is 18.5 Å². The number of fused-ring (bicyclic) bond motifs is 1. The zero-order chi connectivity index (χ0) is 13.4. The van der Waals surface area contributed by atoms with Crippen LogP contribution in [0.3, 0.4) is 0 Å². The number of para-hydroxylation sites is 1. The molecule has 0 bridgehead atoms. The van der Waals surface area contributed by atoms with Crippen molar-refractivity contribution in [3.63, 3.8) is 0 Å². The maximum atomic E-state index is 12.2. The molecule has 0 aliphatic carbocycles. The zero-order valence-corrected chi connectivity index (χ0v) is 10.2. The van der Waals surface area contributed by atoms with Crippen molar-refractivity contribution in [1.29, 1.82) is 0 Å². The summed E-state index contributed by atoms with van der Waals surface area (Å²) >= 11 is 0. The molecule has 1 aromatic heterocycles. The smallest absolute Gasteiger partial charge is 0.349 e. The highest BCUT2D eigenvalue weighted by molar-refractivity contribution is 5.96. The summed E-state index contributed by atoms with van der Waals surface area (Å²) in [4.78, 5) is 25.5. The Kier molecular flexibility index (Phi) is 2.83. The topological polar surface area (TPSA) is 70.8 Å². The van der Waals surface area contributed by atoms with Gasteiger partial charge in [0.15, 0.2) is 0 Å². The third kappa shape index (κ3) is 2.13. The highest BCUT2D eigenvalue weighted by Crippen LogP contribution is 2.16. The Morgan fingerprint density at radius 3 is 2.89 bits per heavy atom. The van der Waals surface area contributed by atoms with Crippen molar-refractivity contribution in [2.45, 2.75) is 12.5 Å². The fraction of sp³-hybridized carbons (Fsp3) is 0.286. The van der Waals surface area contributed by atoms with Crippen molar-refractivity contribution >= 4 is 16.9 Å². The fourth-order valence-corrected chi connectivity index (χ4v) is 2.31. The number of amides is 1. The number of rotatable bonds is 1. The van der Waals surface area contributed by atoms with Crippen LogP contribution in [0.4, 0.5) is 0 Å². The second-order valence-corrected chi connectivity index (χ2v) is 4.68. The third-order valence-corrected chi connectivity index (χ3v) is 3.32. The van der Waals surface area contributed by atoms with Crippen molar-refractivity contribution in [3.05, 3.63) is 46.3 Å². The van der Waals surface area contributed by atoms with E-state index in [0.29, 0.717) is 23.9 Å². The number of aliphatic hydroxyl groups excluding tert-OH is 1. The third-order valence-electron chi connectivity index (χ3n) is 3.32. The summed E-state index contributed by atoms with van der Waals surface area (Å²) in [6.07, 6.45) is 0.0430. The Hall–Kier alpha value is -2.14. The molecule has 1 atom stereocenters. The second kappa shape index (κ2) is 4.51. The van der Waals surface area contributed by atoms with Gasteiger partial charge in [-0.1, -0.05) is 18.2 Å². The molecule has 98 valence electrons. The van der Waals surface area contributed by atoms with Crippen LogP contribution < -0.4 is 5.63 Å². The van der Waals surface area contributed by atoms with Gasteiger partial charge < -0.3 is 14.4 Å². The molecule has 1 unspecified atom stereocenters. The highest BCUT2D eigenvalue weighted by atomic mass is 16.4. The average Bonchev–Trinajstić information content (AvgIpc) is 2.84. The second-order valence-electron chi connectivity index (χ2n) is 4.68. The molecule has 0 saturated carbocycles. The SMILES string of the molecule is O=C(c1cc2ccccc2oc1=O)N1CCC(O)C1. The van der Waals surface area contributed by atoms with Gasteiger partial charge in [-0.25, -0.2) is 4.79 Å². The number of carbonyl (C=O) groups is 1. The highest BCUT2D eigenvalue weighted by Gasteiger charge is 2.27. The first-order chi connectivity index (χ1) is 9.15. The van der Waals surface area contributed by atoms with Crippen molar-refractivity contribution in [3.8, 4) is 0 Å². The van der Waals surface area contributed by atoms with Crippen LogP contribution in [0.1, 0.15) is 16.8 Å². The van der Waals surface area contributed by atoms with E-state index in [-0.39, 0.29) is 18.0 Å². The number of likely N-dealkylation sites (tertiary alicyclic amines) is 1. The van der Waals surface area contributed by atoms with Gasteiger partial charge in [-0.2, -0.15) is 0 Å². The minimum Gasteiger partial charge on any atom is -0.422 e. The predicted molar refractivity (Wildman–Crippen MR) is 69.0 cm³/mol. The van der Waals surface area contributed by atoms with Crippen LogP contribution in [0.15, 0.2) is 39.5 Å². The Morgan fingerprint density at radius 1 is 1.37 bits per heavy atom. The Bertz CT molecular complexity index is 691. The molecule has 5 nitrogen and oxygen atoms in total. The summed E-state index contributed by atoms with van der Waals surface area (Å²) in [5.74, 6) is -0.379. The van der Waals surface area contributed by atoms with Gasteiger partial charge in [0.25, 0.3) is 5.91 Å². The van der Waals surface area contributed by atoms with E-state index < -0.39 is 11.7 Å². The molecule has 5 heteroatoms. The molecule has 1 fully saturated rings. The maximum Gasteiger partial charge on any atom is 0.349 e. The van der Waals surface area contributed by atoms with E-state index in [1.54, 1.807) is 24.3 Å². The summed E-state index contributed by atoms with van der Waals surface area (Å²) in [5, 5.41) is 10.2. The van der Waals surface area contributed by atoms with Crippen molar-refractivity contribution in [2.24, 2.45) is 0 Å². The lowest BCUT2D eigenvalue weighted by Crippen LogP contribution is -2.32. The number of benzene rings is 1. The molecule has 0 radical (unpaired) electrons. The first-order valence-electron chi connectivity index (χ1n) is 6.15. The Labute approximate surface area is 109 Å². The van der Waals surface area contributed by atoms with Gasteiger partial charge in [0.1, 0.15) is 11.1 Å². The lowest BCUT2D eigenvalue weighted by Gasteiger charge is -2.14. The van der Waals surface area contributed by atoms with Crippen LogP contribution in [0.5, 0.6) is 0 Å². The molecule has 1 aliphatic rings.